The molecule has 0 radical (unpaired) electrons. The quantitative estimate of drug-likeness (QED) is 0.556. The van der Waals surface area contributed by atoms with Crippen molar-refractivity contribution in [2.75, 3.05) is 13.1 Å². The van der Waals surface area contributed by atoms with Gasteiger partial charge in [-0.25, -0.2) is 0 Å². The Morgan fingerprint density at radius 2 is 1.70 bits per heavy atom. The van der Waals surface area contributed by atoms with Crippen LogP contribution in [0.4, 0.5) is 0 Å². The Labute approximate surface area is 61.6 Å². The molecule has 2 nitrogen and oxygen atoms in total. The molecular formula is C8H14N2. The molecule has 56 valence electrons. The van der Waals surface area contributed by atoms with Gasteiger partial charge in [0.1, 0.15) is 0 Å². The van der Waals surface area contributed by atoms with Crippen molar-refractivity contribution in [1.82, 2.24) is 10.2 Å². The molecule has 0 aromatic carbocycles. The van der Waals surface area contributed by atoms with Crippen molar-refractivity contribution in [3.8, 4) is 0 Å². The number of nitrogens with one attached hydrogen (secondary N) is 1. The Balaban J connectivity index is 1.74. The van der Waals surface area contributed by atoms with Crippen LogP contribution in [0.3, 0.4) is 0 Å². The maximum atomic E-state index is 3.46. The normalized spacial score (nSPS) is 46.8. The molecule has 3 aliphatic rings. The maximum absolute atomic E-state index is 3.46. The van der Waals surface area contributed by atoms with Crippen LogP contribution in [0.25, 0.3) is 0 Å². The van der Waals surface area contributed by atoms with E-state index < -0.39 is 0 Å². The average molecular weight is 138 g/mol. The van der Waals surface area contributed by atoms with E-state index in [1.807, 2.05) is 0 Å². The molecule has 2 unspecified atom stereocenters. The van der Waals surface area contributed by atoms with E-state index in [0.29, 0.717) is 0 Å². The number of piperidine rings is 1. The second-order valence-corrected chi connectivity index (χ2v) is 3.88. The predicted molar refractivity (Wildman–Crippen MR) is 39.9 cm³/mol. The zero-order valence-electron chi connectivity index (χ0n) is 6.21. The van der Waals surface area contributed by atoms with E-state index in [1.165, 1.54) is 32.4 Å². The number of hydrogen-bond acceptors (Lipinski definition) is 2. The second kappa shape index (κ2) is 1.74. The van der Waals surface area contributed by atoms with Gasteiger partial charge in [-0.05, 0) is 19.3 Å². The molecule has 0 aromatic heterocycles. The van der Waals surface area contributed by atoms with Crippen LogP contribution in [0.1, 0.15) is 19.3 Å². The highest BCUT2D eigenvalue weighted by molar-refractivity contribution is 5.05. The lowest BCUT2D eigenvalue weighted by molar-refractivity contribution is -0.0208. The fraction of sp³-hybridized carbons (Fsp3) is 1.00. The molecule has 2 bridgehead atoms. The molecule has 0 amide bonds. The third-order valence-corrected chi connectivity index (χ3v) is 3.12. The summed E-state index contributed by atoms with van der Waals surface area (Å²) in [5, 5.41) is 3.46. The van der Waals surface area contributed by atoms with Crippen LogP contribution in [0.5, 0.6) is 0 Å². The maximum Gasteiger partial charge on any atom is 0.0242 e. The molecule has 2 saturated heterocycles. The minimum absolute atomic E-state index is 0.922. The molecule has 1 N–H and O–H groups in total. The van der Waals surface area contributed by atoms with Crippen molar-refractivity contribution < 1.29 is 0 Å². The number of nitrogens with zero attached hydrogens (tertiary/aromatic N) is 1. The lowest BCUT2D eigenvalue weighted by Crippen LogP contribution is -2.68. The van der Waals surface area contributed by atoms with Crippen LogP contribution in [-0.2, 0) is 0 Å². The Morgan fingerprint density at radius 1 is 1.00 bits per heavy atom. The third kappa shape index (κ3) is 0.611. The summed E-state index contributed by atoms with van der Waals surface area (Å²) in [6.07, 6.45) is 4.43. The second-order valence-electron chi connectivity index (χ2n) is 3.88. The highest BCUT2D eigenvalue weighted by Crippen LogP contribution is 2.39. The van der Waals surface area contributed by atoms with E-state index in [-0.39, 0.29) is 0 Å². The zero-order chi connectivity index (χ0) is 6.55. The third-order valence-electron chi connectivity index (χ3n) is 3.12. The van der Waals surface area contributed by atoms with Crippen molar-refractivity contribution in [2.24, 2.45) is 0 Å². The lowest BCUT2D eigenvalue weighted by atomic mass is 9.88. The first-order valence-electron chi connectivity index (χ1n) is 4.43. The van der Waals surface area contributed by atoms with E-state index >= 15 is 0 Å². The van der Waals surface area contributed by atoms with Crippen molar-refractivity contribution in [3.63, 3.8) is 0 Å². The minimum Gasteiger partial charge on any atom is -0.314 e. The molecule has 2 aliphatic heterocycles. The fourth-order valence-corrected chi connectivity index (χ4v) is 2.48. The van der Waals surface area contributed by atoms with Gasteiger partial charge in [0.2, 0.25) is 0 Å². The molecule has 2 heteroatoms. The molecule has 3 fully saturated rings. The van der Waals surface area contributed by atoms with Crippen molar-refractivity contribution in [1.29, 1.82) is 0 Å². The van der Waals surface area contributed by atoms with Gasteiger partial charge < -0.3 is 5.32 Å². The van der Waals surface area contributed by atoms with E-state index in [4.69, 9.17) is 0 Å². The molecular weight excluding hydrogens is 124 g/mol. The Kier molecular flexibility index (Phi) is 0.968. The van der Waals surface area contributed by atoms with Crippen LogP contribution < -0.4 is 5.32 Å². The fourth-order valence-electron chi connectivity index (χ4n) is 2.48. The first-order chi connectivity index (χ1) is 4.95. The number of fused-ring (bicyclic) bond motifs is 2. The molecule has 0 spiro atoms. The van der Waals surface area contributed by atoms with Gasteiger partial charge in [0.15, 0.2) is 0 Å². The summed E-state index contributed by atoms with van der Waals surface area (Å²) in [5.41, 5.74) is 0. The molecule has 10 heavy (non-hydrogen) atoms. The smallest absolute Gasteiger partial charge is 0.0242 e. The highest BCUT2D eigenvalue weighted by atomic mass is 15.3. The van der Waals surface area contributed by atoms with Gasteiger partial charge in [0.05, 0.1) is 0 Å². The molecule has 3 rings (SSSR count). The molecule has 1 saturated carbocycles. The standard InChI is InChI=1S/C8H14N2/c1-2-6(1)10-7-3-8(10)5-9-4-7/h6-9H,1-5H2. The lowest BCUT2D eigenvalue weighted by Gasteiger charge is -2.53. The predicted octanol–water partition coefficient (Wildman–Crippen LogP) is 0.195. The Hall–Kier alpha value is -0.0800. The van der Waals surface area contributed by atoms with Crippen molar-refractivity contribution in [3.05, 3.63) is 0 Å². The summed E-state index contributed by atoms with van der Waals surface area (Å²) in [6, 6.07) is 2.85. The van der Waals surface area contributed by atoms with Crippen LogP contribution in [-0.4, -0.2) is 36.1 Å². The summed E-state index contributed by atoms with van der Waals surface area (Å²) in [4.78, 5) is 2.75. The van der Waals surface area contributed by atoms with Crippen molar-refractivity contribution >= 4 is 0 Å². The molecule has 2 heterocycles. The van der Waals surface area contributed by atoms with E-state index in [1.54, 1.807) is 0 Å². The molecule has 2 atom stereocenters. The topological polar surface area (TPSA) is 15.3 Å². The number of rotatable bonds is 1. The van der Waals surface area contributed by atoms with Crippen molar-refractivity contribution in [2.45, 2.75) is 37.4 Å². The first kappa shape index (κ1) is 5.56. The van der Waals surface area contributed by atoms with E-state index in [9.17, 15) is 0 Å². The SMILES string of the molecule is C1CC1N1C2CNCC1C2. The average Bonchev–Trinajstić information content (AvgIpc) is 2.73. The monoisotopic (exact) mass is 138 g/mol. The summed E-state index contributed by atoms with van der Waals surface area (Å²) < 4.78 is 0. The van der Waals surface area contributed by atoms with Crippen LogP contribution >= 0.6 is 0 Å². The summed E-state index contributed by atoms with van der Waals surface area (Å²) >= 11 is 0. The summed E-state index contributed by atoms with van der Waals surface area (Å²) in [6.45, 7) is 2.51. The molecule has 0 aromatic rings. The van der Waals surface area contributed by atoms with Gasteiger partial charge in [-0.1, -0.05) is 0 Å². The van der Waals surface area contributed by atoms with E-state index in [2.05, 4.69) is 10.2 Å². The Bertz CT molecular complexity index is 139. The Morgan fingerprint density at radius 3 is 2.20 bits per heavy atom. The van der Waals surface area contributed by atoms with Gasteiger partial charge in [-0.15, -0.1) is 0 Å². The number of piperazine rings is 1. The van der Waals surface area contributed by atoms with Gasteiger partial charge >= 0.3 is 0 Å². The van der Waals surface area contributed by atoms with Crippen LogP contribution in [0, 0.1) is 0 Å². The van der Waals surface area contributed by atoms with Crippen LogP contribution in [0.2, 0.25) is 0 Å². The van der Waals surface area contributed by atoms with Gasteiger partial charge in [-0.2, -0.15) is 0 Å². The number of hydrogen-bond donors (Lipinski definition) is 1. The summed E-state index contributed by atoms with van der Waals surface area (Å²) in [7, 11) is 0. The van der Waals surface area contributed by atoms with Gasteiger partial charge in [0, 0.05) is 31.2 Å². The van der Waals surface area contributed by atoms with E-state index in [0.717, 1.165) is 18.1 Å². The summed E-state index contributed by atoms with van der Waals surface area (Å²) in [5.74, 6) is 0. The minimum atomic E-state index is 0.922. The van der Waals surface area contributed by atoms with Gasteiger partial charge in [-0.3, -0.25) is 4.90 Å². The zero-order valence-corrected chi connectivity index (χ0v) is 6.21. The largest absolute Gasteiger partial charge is 0.314 e. The van der Waals surface area contributed by atoms with Gasteiger partial charge in [0.25, 0.3) is 0 Å². The highest BCUT2D eigenvalue weighted by Gasteiger charge is 2.47. The molecule has 1 aliphatic carbocycles. The first-order valence-corrected chi connectivity index (χ1v) is 4.43. The van der Waals surface area contributed by atoms with Crippen LogP contribution in [0.15, 0.2) is 0 Å².